The summed E-state index contributed by atoms with van der Waals surface area (Å²) in [4.78, 5) is 12.8. The molecule has 0 bridgehead atoms. The highest BCUT2D eigenvalue weighted by Crippen LogP contribution is 2.33. The van der Waals surface area contributed by atoms with Crippen molar-refractivity contribution in [2.45, 2.75) is 11.8 Å². The number of allylic oxidation sites excluding steroid dienone is 1. The molecule has 0 saturated carbocycles. The first-order valence-corrected chi connectivity index (χ1v) is 10.8. The Hall–Kier alpha value is -4.06. The lowest BCUT2D eigenvalue weighted by Gasteiger charge is -2.12. The molecule has 3 aromatic carbocycles. The van der Waals surface area contributed by atoms with Crippen molar-refractivity contribution in [3.8, 4) is 16.9 Å². The van der Waals surface area contributed by atoms with E-state index < -0.39 is 22.8 Å². The van der Waals surface area contributed by atoms with Crippen LogP contribution in [0.1, 0.15) is 18.1 Å². The van der Waals surface area contributed by atoms with Crippen LogP contribution in [0.15, 0.2) is 82.6 Å². The Kier molecular flexibility index (Phi) is 7.74. The summed E-state index contributed by atoms with van der Waals surface area (Å²) >= 11 is -1.92. The molecule has 1 amide bonds. The zero-order valence-electron chi connectivity index (χ0n) is 17.9. The van der Waals surface area contributed by atoms with Crippen LogP contribution >= 0.6 is 0 Å². The number of phenolic OH excluding ortho intramolecular Hbond substituents is 1. The van der Waals surface area contributed by atoms with Crippen molar-refractivity contribution >= 4 is 34.1 Å². The SMILES string of the molecule is CC(=C(F)C(=O)Nc1ccc(-c2ccccc2S(=O)ON)cc1O)c1cccc(C(N)=NO)c1. The molecule has 0 fully saturated rings. The maximum atomic E-state index is 14.8. The first-order chi connectivity index (χ1) is 16.3. The lowest BCUT2D eigenvalue weighted by molar-refractivity contribution is -0.114. The normalized spacial score (nSPS) is 13.2. The summed E-state index contributed by atoms with van der Waals surface area (Å²) in [5, 5.41) is 24.5. The van der Waals surface area contributed by atoms with Crippen molar-refractivity contribution < 1.29 is 28.0 Å². The fourth-order valence-corrected chi connectivity index (χ4v) is 3.81. The van der Waals surface area contributed by atoms with Gasteiger partial charge in [0.15, 0.2) is 11.7 Å². The largest absolute Gasteiger partial charge is 0.506 e. The molecule has 0 aliphatic rings. The minimum Gasteiger partial charge on any atom is -0.506 e. The predicted octanol–water partition coefficient (Wildman–Crippen LogP) is 3.41. The fraction of sp³-hybridized carbons (Fsp3) is 0.0435. The lowest BCUT2D eigenvalue weighted by Crippen LogP contribution is -2.14. The second-order valence-corrected chi connectivity index (χ2v) is 8.12. The number of amidine groups is 1. The van der Waals surface area contributed by atoms with Gasteiger partial charge in [-0.1, -0.05) is 47.6 Å². The number of halogens is 1. The first-order valence-electron chi connectivity index (χ1n) is 9.74. The molecule has 3 aromatic rings. The van der Waals surface area contributed by atoms with Crippen molar-refractivity contribution in [1.82, 2.24) is 0 Å². The molecule has 0 radical (unpaired) electrons. The molecule has 3 rings (SSSR count). The highest BCUT2D eigenvalue weighted by Gasteiger charge is 2.18. The van der Waals surface area contributed by atoms with Gasteiger partial charge in [-0.15, -0.1) is 0 Å². The second-order valence-electron chi connectivity index (χ2n) is 7.02. The summed E-state index contributed by atoms with van der Waals surface area (Å²) in [5.41, 5.74) is 7.21. The number of oxime groups is 1. The molecular formula is C23H21FN4O5S. The minimum atomic E-state index is -1.92. The van der Waals surface area contributed by atoms with Gasteiger partial charge in [0.25, 0.3) is 5.91 Å². The van der Waals surface area contributed by atoms with Gasteiger partial charge in [0.2, 0.25) is 11.1 Å². The van der Waals surface area contributed by atoms with E-state index >= 15 is 0 Å². The zero-order valence-corrected chi connectivity index (χ0v) is 18.7. The Bertz CT molecular complexity index is 1330. The van der Waals surface area contributed by atoms with E-state index in [0.717, 1.165) is 0 Å². The summed E-state index contributed by atoms with van der Waals surface area (Å²) < 4.78 is 31.3. The number of amides is 1. The average molecular weight is 485 g/mol. The third kappa shape index (κ3) is 5.29. The van der Waals surface area contributed by atoms with Crippen LogP contribution in [0.5, 0.6) is 5.75 Å². The molecule has 1 unspecified atom stereocenters. The number of benzene rings is 3. The number of phenols is 1. The van der Waals surface area contributed by atoms with Crippen molar-refractivity contribution in [2.75, 3.05) is 5.32 Å². The summed E-state index contributed by atoms with van der Waals surface area (Å²) in [7, 11) is 0. The van der Waals surface area contributed by atoms with Gasteiger partial charge in [0.1, 0.15) is 5.75 Å². The monoisotopic (exact) mass is 484 g/mol. The number of nitrogens with one attached hydrogen (secondary N) is 1. The molecule has 34 heavy (non-hydrogen) atoms. The van der Waals surface area contributed by atoms with Crippen molar-refractivity contribution in [2.24, 2.45) is 16.8 Å². The Morgan fingerprint density at radius 2 is 1.79 bits per heavy atom. The van der Waals surface area contributed by atoms with E-state index in [2.05, 4.69) is 14.8 Å². The molecule has 0 aromatic heterocycles. The smallest absolute Gasteiger partial charge is 0.284 e. The number of carbonyl (C=O) groups is 1. The zero-order chi connectivity index (χ0) is 24.8. The number of anilines is 1. The Labute approximate surface area is 196 Å². The Morgan fingerprint density at radius 3 is 2.47 bits per heavy atom. The van der Waals surface area contributed by atoms with Crippen LogP contribution in [0, 0.1) is 0 Å². The van der Waals surface area contributed by atoms with E-state index in [-0.39, 0.29) is 22.8 Å². The topological polar surface area (TPSA) is 160 Å². The number of hydrogen-bond donors (Lipinski definition) is 5. The van der Waals surface area contributed by atoms with E-state index in [1.807, 2.05) is 0 Å². The molecule has 176 valence electrons. The van der Waals surface area contributed by atoms with Crippen LogP contribution in [-0.4, -0.2) is 26.3 Å². The number of rotatable bonds is 7. The number of nitrogens with zero attached hydrogens (tertiary/aromatic N) is 1. The van der Waals surface area contributed by atoms with Crippen LogP contribution in [-0.2, 0) is 20.2 Å². The lowest BCUT2D eigenvalue weighted by atomic mass is 10.0. The third-order valence-electron chi connectivity index (χ3n) is 4.94. The van der Waals surface area contributed by atoms with E-state index in [4.69, 9.17) is 16.8 Å². The van der Waals surface area contributed by atoms with Crippen LogP contribution < -0.4 is 16.9 Å². The number of carbonyl (C=O) groups excluding carboxylic acids is 1. The van der Waals surface area contributed by atoms with Gasteiger partial charge in [-0.05, 0) is 47.9 Å². The quantitative estimate of drug-likeness (QED) is 0.0857. The number of hydrogen-bond acceptors (Lipinski definition) is 7. The average Bonchev–Trinajstić information content (AvgIpc) is 2.87. The first kappa shape index (κ1) is 24.6. The maximum Gasteiger partial charge on any atom is 0.284 e. The molecule has 0 spiro atoms. The van der Waals surface area contributed by atoms with Gasteiger partial charge in [-0.2, -0.15) is 10.2 Å². The Morgan fingerprint density at radius 1 is 1.09 bits per heavy atom. The van der Waals surface area contributed by atoms with Gasteiger partial charge >= 0.3 is 0 Å². The minimum absolute atomic E-state index is 0.0133. The Balaban J connectivity index is 1.87. The van der Waals surface area contributed by atoms with Crippen LogP contribution in [0.4, 0.5) is 10.1 Å². The molecule has 0 saturated heterocycles. The van der Waals surface area contributed by atoms with Gasteiger partial charge in [0.05, 0.1) is 10.6 Å². The molecule has 0 aliphatic carbocycles. The summed E-state index contributed by atoms with van der Waals surface area (Å²) in [6.07, 6.45) is 0. The molecule has 11 heteroatoms. The van der Waals surface area contributed by atoms with Gasteiger partial charge < -0.3 is 21.4 Å². The van der Waals surface area contributed by atoms with E-state index in [1.165, 1.54) is 25.1 Å². The fourth-order valence-electron chi connectivity index (χ4n) is 3.15. The number of aromatic hydroxyl groups is 1. The third-order valence-corrected chi connectivity index (χ3v) is 5.83. The second kappa shape index (κ2) is 10.7. The van der Waals surface area contributed by atoms with Crippen molar-refractivity contribution in [3.63, 3.8) is 0 Å². The molecule has 0 aliphatic heterocycles. The van der Waals surface area contributed by atoms with Crippen molar-refractivity contribution in [1.29, 1.82) is 0 Å². The van der Waals surface area contributed by atoms with Crippen LogP contribution in [0.2, 0.25) is 0 Å². The highest BCUT2D eigenvalue weighted by atomic mass is 32.2. The summed E-state index contributed by atoms with van der Waals surface area (Å²) in [6, 6.07) is 17.0. The number of nitrogens with two attached hydrogens (primary N) is 2. The van der Waals surface area contributed by atoms with Gasteiger partial charge in [-0.3, -0.25) is 4.79 Å². The van der Waals surface area contributed by atoms with E-state index in [1.54, 1.807) is 48.5 Å². The van der Waals surface area contributed by atoms with E-state index in [0.29, 0.717) is 27.1 Å². The maximum absolute atomic E-state index is 14.8. The predicted molar refractivity (Wildman–Crippen MR) is 127 cm³/mol. The van der Waals surface area contributed by atoms with Gasteiger partial charge in [-0.25, -0.2) is 8.60 Å². The van der Waals surface area contributed by atoms with Crippen LogP contribution in [0.3, 0.4) is 0 Å². The van der Waals surface area contributed by atoms with Crippen molar-refractivity contribution in [3.05, 3.63) is 83.7 Å². The summed E-state index contributed by atoms with van der Waals surface area (Å²) in [5.74, 6) is 2.37. The summed E-state index contributed by atoms with van der Waals surface area (Å²) in [6.45, 7) is 1.40. The molecule has 7 N–H and O–H groups in total. The molecule has 1 atom stereocenters. The molecule has 0 heterocycles. The van der Waals surface area contributed by atoms with E-state index in [9.17, 15) is 18.5 Å². The molecular weight excluding hydrogens is 463 g/mol. The van der Waals surface area contributed by atoms with Gasteiger partial charge in [0, 0.05) is 11.1 Å². The van der Waals surface area contributed by atoms with Crippen LogP contribution in [0.25, 0.3) is 16.7 Å². The highest BCUT2D eigenvalue weighted by molar-refractivity contribution is 7.80. The standard InChI is InChI=1S/C23H21FN4O5S/c1-13(14-5-4-6-16(11-14)22(25)28-31)21(24)23(30)27-18-10-9-15(12-19(18)29)17-7-2-3-8-20(17)34(32)33-26/h2-12,29,31H,26H2,1H3,(H2,25,28)(H,27,30). The molecule has 9 nitrogen and oxygen atoms in total.